The van der Waals surface area contributed by atoms with E-state index in [4.69, 9.17) is 10.6 Å². The monoisotopic (exact) mass is 287 g/mol. The number of ether oxygens (including phenoxy) is 1. The van der Waals surface area contributed by atoms with Crippen LogP contribution in [0.3, 0.4) is 0 Å². The number of carbonyl (C=O) groups is 2. The Morgan fingerprint density at radius 2 is 1.67 bits per heavy atom. The number of rotatable bonds is 4. The first-order valence-electron chi connectivity index (χ1n) is 6.07. The summed E-state index contributed by atoms with van der Waals surface area (Å²) in [6.45, 7) is -0.0724. The van der Waals surface area contributed by atoms with Gasteiger partial charge in [-0.3, -0.25) is 0 Å². The van der Waals surface area contributed by atoms with Gasteiger partial charge in [0.25, 0.3) is 0 Å². The predicted octanol–water partition coefficient (Wildman–Crippen LogP) is 1.78. The highest BCUT2D eigenvalue weighted by atomic mass is 16.7. The summed E-state index contributed by atoms with van der Waals surface area (Å²) in [6, 6.07) is 12.3. The van der Waals surface area contributed by atoms with Crippen molar-refractivity contribution in [1.29, 1.82) is 0 Å². The van der Waals surface area contributed by atoms with Gasteiger partial charge in [-0.2, -0.15) is 5.90 Å². The van der Waals surface area contributed by atoms with Gasteiger partial charge < -0.3 is 14.7 Å². The molecular formula is C15H13NO5. The molecule has 0 saturated heterocycles. The topological polar surface area (TPSA) is 98.9 Å². The third-order valence-corrected chi connectivity index (χ3v) is 2.79. The zero-order chi connectivity index (χ0) is 15.2. The Labute approximate surface area is 120 Å². The SMILES string of the molecule is NOC(=O)c1cccc(C(=O)OCc2ccccc2O)c1. The van der Waals surface area contributed by atoms with E-state index in [9.17, 15) is 14.7 Å². The van der Waals surface area contributed by atoms with Crippen molar-refractivity contribution >= 4 is 11.9 Å². The van der Waals surface area contributed by atoms with Crippen LogP contribution in [0.15, 0.2) is 48.5 Å². The lowest BCUT2D eigenvalue weighted by atomic mass is 10.1. The van der Waals surface area contributed by atoms with Crippen molar-refractivity contribution in [2.24, 2.45) is 5.90 Å². The molecule has 0 amide bonds. The number of benzene rings is 2. The second kappa shape index (κ2) is 6.53. The van der Waals surface area contributed by atoms with Crippen LogP contribution in [0.4, 0.5) is 0 Å². The quantitative estimate of drug-likeness (QED) is 0.657. The Hall–Kier alpha value is -2.86. The highest BCUT2D eigenvalue weighted by molar-refractivity contribution is 5.95. The first kappa shape index (κ1) is 14.5. The van der Waals surface area contributed by atoms with Gasteiger partial charge in [0.15, 0.2) is 0 Å². The molecule has 0 aliphatic rings. The Balaban J connectivity index is 2.07. The molecular weight excluding hydrogens is 274 g/mol. The maximum absolute atomic E-state index is 11.9. The number of phenolic OH excluding ortho intramolecular Hbond substituents is 1. The van der Waals surface area contributed by atoms with Crippen molar-refractivity contribution in [2.45, 2.75) is 6.61 Å². The molecule has 0 heterocycles. The van der Waals surface area contributed by atoms with Gasteiger partial charge in [-0.15, -0.1) is 0 Å². The van der Waals surface area contributed by atoms with Gasteiger partial charge in [0, 0.05) is 5.56 Å². The van der Waals surface area contributed by atoms with E-state index in [1.54, 1.807) is 18.2 Å². The summed E-state index contributed by atoms with van der Waals surface area (Å²) in [5.41, 5.74) is 0.825. The van der Waals surface area contributed by atoms with E-state index in [1.807, 2.05) is 0 Å². The molecule has 108 valence electrons. The molecule has 0 saturated carbocycles. The number of hydrogen-bond acceptors (Lipinski definition) is 6. The fraction of sp³-hybridized carbons (Fsp3) is 0.0667. The lowest BCUT2D eigenvalue weighted by molar-refractivity contribution is 0.0470. The minimum Gasteiger partial charge on any atom is -0.508 e. The van der Waals surface area contributed by atoms with Gasteiger partial charge in [-0.05, 0) is 24.3 Å². The number of nitrogens with two attached hydrogens (primary N) is 1. The summed E-state index contributed by atoms with van der Waals surface area (Å²) in [5.74, 6) is 3.47. The molecule has 0 atom stereocenters. The molecule has 21 heavy (non-hydrogen) atoms. The van der Waals surface area contributed by atoms with Crippen molar-refractivity contribution in [2.75, 3.05) is 0 Å². The molecule has 2 rings (SSSR count). The van der Waals surface area contributed by atoms with E-state index in [0.717, 1.165) is 0 Å². The van der Waals surface area contributed by atoms with Gasteiger partial charge in [0.05, 0.1) is 11.1 Å². The Bertz CT molecular complexity index is 669. The maximum atomic E-state index is 11.9. The number of hydrogen-bond donors (Lipinski definition) is 2. The van der Waals surface area contributed by atoms with E-state index in [-0.39, 0.29) is 23.5 Å². The zero-order valence-electron chi connectivity index (χ0n) is 11.0. The second-order valence-corrected chi connectivity index (χ2v) is 4.19. The summed E-state index contributed by atoms with van der Waals surface area (Å²) < 4.78 is 5.08. The summed E-state index contributed by atoms with van der Waals surface area (Å²) in [7, 11) is 0. The highest BCUT2D eigenvalue weighted by Gasteiger charge is 2.12. The first-order chi connectivity index (χ1) is 10.1. The Kier molecular flexibility index (Phi) is 4.53. The average molecular weight is 287 g/mol. The van der Waals surface area contributed by atoms with Crippen LogP contribution in [0.2, 0.25) is 0 Å². The maximum Gasteiger partial charge on any atom is 0.356 e. The highest BCUT2D eigenvalue weighted by Crippen LogP contribution is 2.17. The standard InChI is InChI=1S/C15H13NO5/c16-21-15(19)11-6-3-5-10(8-11)14(18)20-9-12-4-1-2-7-13(12)17/h1-8,17H,9,16H2. The van der Waals surface area contributed by atoms with Gasteiger partial charge in [-0.25, -0.2) is 9.59 Å². The van der Waals surface area contributed by atoms with E-state index < -0.39 is 11.9 Å². The smallest absolute Gasteiger partial charge is 0.356 e. The minimum absolute atomic E-state index is 0.0470. The first-order valence-corrected chi connectivity index (χ1v) is 6.07. The fourth-order valence-electron chi connectivity index (χ4n) is 1.70. The molecule has 0 radical (unpaired) electrons. The lowest BCUT2D eigenvalue weighted by Crippen LogP contribution is -2.12. The summed E-state index contributed by atoms with van der Waals surface area (Å²) in [5, 5.41) is 9.58. The van der Waals surface area contributed by atoms with Crippen molar-refractivity contribution in [3.63, 3.8) is 0 Å². The van der Waals surface area contributed by atoms with Gasteiger partial charge in [0.1, 0.15) is 12.4 Å². The predicted molar refractivity (Wildman–Crippen MR) is 73.3 cm³/mol. The summed E-state index contributed by atoms with van der Waals surface area (Å²) in [6.07, 6.45) is 0. The normalized spacial score (nSPS) is 9.95. The number of phenols is 1. The fourth-order valence-corrected chi connectivity index (χ4v) is 1.70. The van der Waals surface area contributed by atoms with Crippen LogP contribution in [0.1, 0.15) is 26.3 Å². The third-order valence-electron chi connectivity index (χ3n) is 2.79. The van der Waals surface area contributed by atoms with E-state index in [0.29, 0.717) is 5.56 Å². The van der Waals surface area contributed by atoms with Crippen LogP contribution in [0, 0.1) is 0 Å². The summed E-state index contributed by atoms with van der Waals surface area (Å²) >= 11 is 0. The van der Waals surface area contributed by atoms with Crippen LogP contribution >= 0.6 is 0 Å². The average Bonchev–Trinajstić information content (AvgIpc) is 2.53. The molecule has 6 nitrogen and oxygen atoms in total. The van der Waals surface area contributed by atoms with Gasteiger partial charge in [-0.1, -0.05) is 24.3 Å². The van der Waals surface area contributed by atoms with Crippen molar-refractivity contribution in [1.82, 2.24) is 0 Å². The Morgan fingerprint density at radius 1 is 1.00 bits per heavy atom. The van der Waals surface area contributed by atoms with E-state index in [1.165, 1.54) is 30.3 Å². The van der Waals surface area contributed by atoms with Gasteiger partial charge in [0.2, 0.25) is 0 Å². The molecule has 0 fully saturated rings. The second-order valence-electron chi connectivity index (χ2n) is 4.19. The largest absolute Gasteiger partial charge is 0.508 e. The molecule has 2 aromatic rings. The lowest BCUT2D eigenvalue weighted by Gasteiger charge is -2.07. The van der Waals surface area contributed by atoms with E-state index >= 15 is 0 Å². The van der Waals surface area contributed by atoms with Crippen molar-refractivity contribution in [3.8, 4) is 5.75 Å². The molecule has 0 aromatic heterocycles. The number of para-hydroxylation sites is 1. The molecule has 0 bridgehead atoms. The van der Waals surface area contributed by atoms with Crippen molar-refractivity contribution < 1.29 is 24.3 Å². The van der Waals surface area contributed by atoms with Crippen LogP contribution in [0.5, 0.6) is 5.75 Å². The zero-order valence-corrected chi connectivity index (χ0v) is 11.0. The third kappa shape index (κ3) is 3.58. The van der Waals surface area contributed by atoms with Crippen molar-refractivity contribution in [3.05, 3.63) is 65.2 Å². The number of esters is 1. The minimum atomic E-state index is -0.745. The summed E-state index contributed by atoms with van der Waals surface area (Å²) in [4.78, 5) is 27.3. The van der Waals surface area contributed by atoms with Crippen LogP contribution in [-0.2, 0) is 16.2 Å². The molecule has 2 aromatic carbocycles. The Morgan fingerprint density at radius 3 is 2.33 bits per heavy atom. The number of carbonyl (C=O) groups excluding carboxylic acids is 2. The molecule has 0 spiro atoms. The van der Waals surface area contributed by atoms with Gasteiger partial charge >= 0.3 is 11.9 Å². The number of aromatic hydroxyl groups is 1. The molecule has 6 heteroatoms. The van der Waals surface area contributed by atoms with Crippen LogP contribution in [0.25, 0.3) is 0 Å². The van der Waals surface area contributed by atoms with Crippen LogP contribution < -0.4 is 5.90 Å². The molecule has 3 N–H and O–H groups in total. The molecule has 0 aliphatic heterocycles. The molecule has 0 aliphatic carbocycles. The molecule has 0 unspecified atom stereocenters. The van der Waals surface area contributed by atoms with E-state index in [2.05, 4.69) is 4.84 Å². The van der Waals surface area contributed by atoms with Crippen LogP contribution in [-0.4, -0.2) is 17.0 Å².